The van der Waals surface area contributed by atoms with Crippen LogP contribution in [0.5, 0.6) is 11.5 Å². The number of hydrogen-bond donors (Lipinski definition) is 1. The third kappa shape index (κ3) is 5.70. The van der Waals surface area contributed by atoms with E-state index in [0.29, 0.717) is 18.8 Å². The van der Waals surface area contributed by atoms with Crippen LogP contribution in [0.1, 0.15) is 11.1 Å². The second kappa shape index (κ2) is 9.73. The van der Waals surface area contributed by atoms with E-state index in [1.165, 1.54) is 6.07 Å². The second-order valence-electron chi connectivity index (χ2n) is 6.96. The minimum Gasteiger partial charge on any atom is -0.497 e. The van der Waals surface area contributed by atoms with Crippen LogP contribution >= 0.6 is 0 Å². The molecule has 3 rings (SSSR count). The smallest absolute Gasteiger partial charge is 0.267 e. The highest BCUT2D eigenvalue weighted by Gasteiger charge is 2.08. The van der Waals surface area contributed by atoms with Gasteiger partial charge in [0, 0.05) is 11.6 Å². The molecule has 0 atom stereocenters. The normalized spacial score (nSPS) is 10.5. The fraction of sp³-hybridized carbons (Fsp3) is 0.261. The van der Waals surface area contributed by atoms with E-state index in [9.17, 15) is 9.59 Å². The number of carbonyl (C=O) groups is 1. The third-order valence-electron chi connectivity index (χ3n) is 4.43. The number of benzene rings is 2. The van der Waals surface area contributed by atoms with Crippen molar-refractivity contribution in [2.75, 3.05) is 20.3 Å². The van der Waals surface area contributed by atoms with E-state index in [4.69, 9.17) is 9.47 Å². The Morgan fingerprint density at radius 2 is 1.70 bits per heavy atom. The number of amides is 1. The summed E-state index contributed by atoms with van der Waals surface area (Å²) in [7, 11) is 1.60. The molecule has 30 heavy (non-hydrogen) atoms. The predicted molar refractivity (Wildman–Crippen MR) is 115 cm³/mol. The molecule has 0 aliphatic rings. The Kier molecular flexibility index (Phi) is 6.85. The molecule has 7 nitrogen and oxygen atoms in total. The summed E-state index contributed by atoms with van der Waals surface area (Å²) < 4.78 is 12.0. The molecule has 0 aliphatic carbocycles. The predicted octanol–water partition coefficient (Wildman–Crippen LogP) is 2.73. The SMILES string of the molecule is COc1ccc(-c2ccc(=O)n(CC(=O)NCCOc3cc(C)cc(C)c3)n2)cc1. The minimum atomic E-state index is -0.339. The molecule has 7 heteroatoms. The zero-order chi connectivity index (χ0) is 21.5. The van der Waals surface area contributed by atoms with Crippen molar-refractivity contribution in [3.8, 4) is 22.8 Å². The number of rotatable bonds is 8. The van der Waals surface area contributed by atoms with Gasteiger partial charge in [-0.1, -0.05) is 6.07 Å². The first-order valence-electron chi connectivity index (χ1n) is 9.65. The van der Waals surface area contributed by atoms with E-state index in [0.717, 1.165) is 32.9 Å². The first kappa shape index (κ1) is 21.1. The molecule has 0 aliphatic heterocycles. The van der Waals surface area contributed by atoms with Gasteiger partial charge in [0.15, 0.2) is 0 Å². The van der Waals surface area contributed by atoms with Crippen LogP contribution < -0.4 is 20.3 Å². The molecule has 1 heterocycles. The zero-order valence-electron chi connectivity index (χ0n) is 17.3. The van der Waals surface area contributed by atoms with Crippen molar-refractivity contribution in [3.63, 3.8) is 0 Å². The van der Waals surface area contributed by atoms with Gasteiger partial charge in [0.05, 0.1) is 19.3 Å². The van der Waals surface area contributed by atoms with E-state index in [2.05, 4.69) is 16.5 Å². The zero-order valence-corrected chi connectivity index (χ0v) is 17.3. The maximum atomic E-state index is 12.2. The Morgan fingerprint density at radius 1 is 1.00 bits per heavy atom. The second-order valence-corrected chi connectivity index (χ2v) is 6.96. The molecular formula is C23H25N3O4. The molecule has 156 valence electrons. The van der Waals surface area contributed by atoms with Crippen LogP contribution in [0.15, 0.2) is 59.4 Å². The Bertz CT molecular complexity index is 1050. The van der Waals surface area contributed by atoms with Gasteiger partial charge in [-0.25, -0.2) is 4.68 Å². The molecule has 0 saturated heterocycles. The highest BCUT2D eigenvalue weighted by molar-refractivity contribution is 5.75. The van der Waals surface area contributed by atoms with Crippen LogP contribution in [0.2, 0.25) is 0 Å². The average molecular weight is 407 g/mol. The van der Waals surface area contributed by atoms with E-state index in [-0.39, 0.29) is 18.0 Å². The molecular weight excluding hydrogens is 382 g/mol. The number of aryl methyl sites for hydroxylation is 2. The first-order chi connectivity index (χ1) is 14.4. The summed E-state index contributed by atoms with van der Waals surface area (Å²) in [6.07, 6.45) is 0. The number of nitrogens with one attached hydrogen (secondary N) is 1. The summed E-state index contributed by atoms with van der Waals surface area (Å²) in [5.74, 6) is 1.20. The van der Waals surface area contributed by atoms with Crippen molar-refractivity contribution in [1.82, 2.24) is 15.1 Å². The van der Waals surface area contributed by atoms with Crippen LogP contribution in [-0.2, 0) is 11.3 Å². The highest BCUT2D eigenvalue weighted by Crippen LogP contribution is 2.19. The van der Waals surface area contributed by atoms with Gasteiger partial charge in [0.2, 0.25) is 5.91 Å². The molecule has 0 unspecified atom stereocenters. The monoisotopic (exact) mass is 407 g/mol. The fourth-order valence-corrected chi connectivity index (χ4v) is 3.05. The lowest BCUT2D eigenvalue weighted by Crippen LogP contribution is -2.35. The van der Waals surface area contributed by atoms with Gasteiger partial charge in [0.25, 0.3) is 5.56 Å². The number of aromatic nitrogens is 2. The molecule has 1 amide bonds. The van der Waals surface area contributed by atoms with Crippen molar-refractivity contribution in [2.24, 2.45) is 0 Å². The van der Waals surface area contributed by atoms with Crippen molar-refractivity contribution in [2.45, 2.75) is 20.4 Å². The van der Waals surface area contributed by atoms with Crippen LogP contribution in [-0.4, -0.2) is 35.9 Å². The Hall–Kier alpha value is -3.61. The van der Waals surface area contributed by atoms with Crippen LogP contribution in [0.4, 0.5) is 0 Å². The molecule has 1 aromatic heterocycles. The maximum absolute atomic E-state index is 12.2. The van der Waals surface area contributed by atoms with Crippen molar-refractivity contribution in [1.29, 1.82) is 0 Å². The van der Waals surface area contributed by atoms with Gasteiger partial charge in [-0.15, -0.1) is 0 Å². The largest absolute Gasteiger partial charge is 0.497 e. The number of methoxy groups -OCH3 is 1. The number of hydrogen-bond acceptors (Lipinski definition) is 5. The van der Waals surface area contributed by atoms with Gasteiger partial charge in [-0.2, -0.15) is 5.10 Å². The van der Waals surface area contributed by atoms with Crippen molar-refractivity contribution >= 4 is 5.91 Å². The lowest BCUT2D eigenvalue weighted by Gasteiger charge is -2.10. The summed E-state index contributed by atoms with van der Waals surface area (Å²) in [4.78, 5) is 24.3. The lowest BCUT2D eigenvalue weighted by atomic mass is 10.1. The van der Waals surface area contributed by atoms with E-state index in [1.807, 2.05) is 50.2 Å². The molecule has 0 saturated carbocycles. The molecule has 3 aromatic rings. The Balaban J connectivity index is 1.56. The van der Waals surface area contributed by atoms with Gasteiger partial charge < -0.3 is 14.8 Å². The van der Waals surface area contributed by atoms with Crippen LogP contribution in [0.3, 0.4) is 0 Å². The molecule has 0 radical (unpaired) electrons. The van der Waals surface area contributed by atoms with Crippen molar-refractivity contribution < 1.29 is 14.3 Å². The molecule has 0 bridgehead atoms. The average Bonchev–Trinajstić information content (AvgIpc) is 2.72. The summed E-state index contributed by atoms with van der Waals surface area (Å²) in [5.41, 5.74) is 3.33. The molecule has 0 spiro atoms. The Labute approximate surface area is 175 Å². The summed E-state index contributed by atoms with van der Waals surface area (Å²) in [6, 6.07) is 16.3. The highest BCUT2D eigenvalue weighted by atomic mass is 16.5. The van der Waals surface area contributed by atoms with E-state index >= 15 is 0 Å². The quantitative estimate of drug-likeness (QED) is 0.581. The van der Waals surface area contributed by atoms with Gasteiger partial charge in [0.1, 0.15) is 24.7 Å². The molecule has 2 aromatic carbocycles. The molecule has 1 N–H and O–H groups in total. The van der Waals surface area contributed by atoms with E-state index in [1.54, 1.807) is 13.2 Å². The number of ether oxygens (including phenoxy) is 2. The topological polar surface area (TPSA) is 82.5 Å². The van der Waals surface area contributed by atoms with Gasteiger partial charge >= 0.3 is 0 Å². The maximum Gasteiger partial charge on any atom is 0.267 e. The van der Waals surface area contributed by atoms with Crippen LogP contribution in [0, 0.1) is 13.8 Å². The standard InChI is InChI=1S/C23H25N3O4/c1-16-12-17(2)14-20(13-16)30-11-10-24-22(27)15-26-23(28)9-8-21(25-26)18-4-6-19(29-3)7-5-18/h4-9,12-14H,10-11,15H2,1-3H3,(H,24,27). The molecule has 0 fully saturated rings. The number of carbonyl (C=O) groups excluding carboxylic acids is 1. The van der Waals surface area contributed by atoms with Gasteiger partial charge in [-0.3, -0.25) is 9.59 Å². The summed E-state index contributed by atoms with van der Waals surface area (Å²) in [6.45, 7) is 4.52. The lowest BCUT2D eigenvalue weighted by molar-refractivity contribution is -0.122. The summed E-state index contributed by atoms with van der Waals surface area (Å²) in [5, 5.41) is 7.06. The summed E-state index contributed by atoms with van der Waals surface area (Å²) >= 11 is 0. The van der Waals surface area contributed by atoms with Gasteiger partial charge in [-0.05, 0) is 67.4 Å². The third-order valence-corrected chi connectivity index (χ3v) is 4.43. The minimum absolute atomic E-state index is 0.160. The van der Waals surface area contributed by atoms with Crippen molar-refractivity contribution in [3.05, 3.63) is 76.1 Å². The Morgan fingerprint density at radius 3 is 2.37 bits per heavy atom. The first-order valence-corrected chi connectivity index (χ1v) is 9.65. The van der Waals surface area contributed by atoms with E-state index < -0.39 is 0 Å². The number of nitrogens with zero attached hydrogens (tertiary/aromatic N) is 2. The fourth-order valence-electron chi connectivity index (χ4n) is 3.05. The van der Waals surface area contributed by atoms with Crippen LogP contribution in [0.25, 0.3) is 11.3 Å².